The summed E-state index contributed by atoms with van der Waals surface area (Å²) in [6, 6.07) is 7.58. The van der Waals surface area contributed by atoms with Gasteiger partial charge in [-0.1, -0.05) is 32.0 Å². The van der Waals surface area contributed by atoms with Crippen LogP contribution in [0.2, 0.25) is 0 Å². The highest BCUT2D eigenvalue weighted by Gasteiger charge is 2.14. The monoisotopic (exact) mass is 236 g/mol. The van der Waals surface area contributed by atoms with E-state index in [-0.39, 0.29) is 6.09 Å². The fourth-order valence-electron chi connectivity index (χ4n) is 1.51. The second-order valence-corrected chi connectivity index (χ2v) is 4.27. The van der Waals surface area contributed by atoms with E-state index in [0.717, 1.165) is 5.56 Å². The number of rotatable bonds is 4. The Bertz CT molecular complexity index is 377. The van der Waals surface area contributed by atoms with E-state index in [2.05, 4.69) is 13.8 Å². The van der Waals surface area contributed by atoms with Gasteiger partial charge in [0.15, 0.2) is 0 Å². The molecule has 1 aromatic carbocycles. The Labute approximate surface area is 102 Å². The number of nitrogens with zero attached hydrogens (tertiary/aromatic N) is 1. The number of carbonyl (C=O) groups excluding carboxylic acids is 1. The van der Waals surface area contributed by atoms with Gasteiger partial charge in [-0.3, -0.25) is 0 Å². The molecule has 0 aliphatic carbocycles. The lowest BCUT2D eigenvalue weighted by Crippen LogP contribution is -2.34. The quantitative estimate of drug-likeness (QED) is 0.872. The van der Waals surface area contributed by atoms with E-state index < -0.39 is 0 Å². The second kappa shape index (κ2) is 6.25. The van der Waals surface area contributed by atoms with Crippen LogP contribution in [-0.2, 0) is 0 Å². The third kappa shape index (κ3) is 3.75. The molecular formula is C13H20N2O2. The average molecular weight is 236 g/mol. The van der Waals surface area contributed by atoms with Crippen molar-refractivity contribution in [2.24, 2.45) is 5.73 Å². The Hall–Kier alpha value is -1.55. The van der Waals surface area contributed by atoms with Crippen LogP contribution in [0.15, 0.2) is 24.3 Å². The molecule has 0 unspecified atom stereocenters. The fraction of sp³-hybridized carbons (Fsp3) is 0.462. The molecule has 17 heavy (non-hydrogen) atoms. The van der Waals surface area contributed by atoms with Gasteiger partial charge in [0.2, 0.25) is 0 Å². The number of hydrogen-bond donors (Lipinski definition) is 1. The third-order valence-corrected chi connectivity index (χ3v) is 2.51. The summed E-state index contributed by atoms with van der Waals surface area (Å²) in [7, 11) is 1.67. The maximum atomic E-state index is 11.7. The summed E-state index contributed by atoms with van der Waals surface area (Å²) >= 11 is 0. The predicted molar refractivity (Wildman–Crippen MR) is 68.2 cm³/mol. The van der Waals surface area contributed by atoms with E-state index in [1.54, 1.807) is 7.05 Å². The van der Waals surface area contributed by atoms with Gasteiger partial charge in [0.1, 0.15) is 5.75 Å². The minimum absolute atomic E-state index is 0.318. The molecule has 94 valence electrons. The minimum Gasteiger partial charge on any atom is -0.410 e. The van der Waals surface area contributed by atoms with Crippen LogP contribution in [0.1, 0.15) is 25.3 Å². The van der Waals surface area contributed by atoms with Gasteiger partial charge in [-0.25, -0.2) is 4.79 Å². The molecular weight excluding hydrogens is 216 g/mol. The van der Waals surface area contributed by atoms with Crippen molar-refractivity contribution in [3.63, 3.8) is 0 Å². The summed E-state index contributed by atoms with van der Waals surface area (Å²) in [5, 5.41) is 0. The highest BCUT2D eigenvalue weighted by Crippen LogP contribution is 2.26. The zero-order chi connectivity index (χ0) is 12.8. The fourth-order valence-corrected chi connectivity index (χ4v) is 1.51. The molecule has 2 N–H and O–H groups in total. The van der Waals surface area contributed by atoms with E-state index in [1.807, 2.05) is 24.3 Å². The molecule has 0 aromatic heterocycles. The average Bonchev–Trinajstić information content (AvgIpc) is 2.29. The Balaban J connectivity index is 2.77. The number of carbonyl (C=O) groups is 1. The van der Waals surface area contributed by atoms with Gasteiger partial charge < -0.3 is 15.4 Å². The zero-order valence-electron chi connectivity index (χ0n) is 10.6. The van der Waals surface area contributed by atoms with Crippen LogP contribution in [0.25, 0.3) is 0 Å². The maximum Gasteiger partial charge on any atom is 0.415 e. The number of amides is 1. The van der Waals surface area contributed by atoms with Crippen LogP contribution < -0.4 is 10.5 Å². The van der Waals surface area contributed by atoms with Gasteiger partial charge >= 0.3 is 6.09 Å². The SMILES string of the molecule is CC(C)c1ccccc1OC(=O)N(C)CCN. The second-order valence-electron chi connectivity index (χ2n) is 4.27. The molecule has 0 aliphatic heterocycles. The van der Waals surface area contributed by atoms with Crippen LogP contribution in [0, 0.1) is 0 Å². The first-order chi connectivity index (χ1) is 8.06. The molecule has 0 fully saturated rings. The van der Waals surface area contributed by atoms with Gasteiger partial charge in [-0.15, -0.1) is 0 Å². The van der Waals surface area contributed by atoms with E-state index in [0.29, 0.717) is 24.8 Å². The first-order valence-electron chi connectivity index (χ1n) is 5.78. The summed E-state index contributed by atoms with van der Waals surface area (Å²) < 4.78 is 5.35. The van der Waals surface area contributed by atoms with Gasteiger partial charge in [0.05, 0.1) is 0 Å². The van der Waals surface area contributed by atoms with Crippen molar-refractivity contribution in [3.05, 3.63) is 29.8 Å². The Morgan fingerprint density at radius 3 is 2.65 bits per heavy atom. The number of likely N-dealkylation sites (N-methyl/N-ethyl adjacent to an activating group) is 1. The molecule has 0 saturated heterocycles. The van der Waals surface area contributed by atoms with Gasteiger partial charge in [0, 0.05) is 20.1 Å². The third-order valence-electron chi connectivity index (χ3n) is 2.51. The standard InChI is InChI=1S/C13H20N2O2/c1-10(2)11-6-4-5-7-12(11)17-13(16)15(3)9-8-14/h4-7,10H,8-9,14H2,1-3H3. The normalized spacial score (nSPS) is 10.4. The van der Waals surface area contributed by atoms with Crippen LogP contribution in [0.5, 0.6) is 5.75 Å². The minimum atomic E-state index is -0.372. The molecule has 4 heteroatoms. The molecule has 0 radical (unpaired) electrons. The summed E-state index contributed by atoms with van der Waals surface area (Å²) in [4.78, 5) is 13.2. The zero-order valence-corrected chi connectivity index (χ0v) is 10.6. The number of nitrogens with two attached hydrogens (primary N) is 1. The van der Waals surface area contributed by atoms with Crippen molar-refractivity contribution in [3.8, 4) is 5.75 Å². The molecule has 1 aromatic rings. The van der Waals surface area contributed by atoms with Crippen molar-refractivity contribution < 1.29 is 9.53 Å². The van der Waals surface area contributed by atoms with Crippen LogP contribution in [0.3, 0.4) is 0 Å². The molecule has 0 saturated carbocycles. The Kier molecular flexibility index (Phi) is 4.97. The highest BCUT2D eigenvalue weighted by molar-refractivity contribution is 5.70. The molecule has 0 aliphatic rings. The largest absolute Gasteiger partial charge is 0.415 e. The van der Waals surface area contributed by atoms with E-state index in [1.165, 1.54) is 4.90 Å². The lowest BCUT2D eigenvalue weighted by Gasteiger charge is -2.18. The van der Waals surface area contributed by atoms with Crippen molar-refractivity contribution in [1.29, 1.82) is 0 Å². The lowest BCUT2D eigenvalue weighted by molar-refractivity contribution is 0.163. The molecule has 0 spiro atoms. The molecule has 0 heterocycles. The number of para-hydroxylation sites is 1. The lowest BCUT2D eigenvalue weighted by atomic mass is 10.0. The molecule has 4 nitrogen and oxygen atoms in total. The van der Waals surface area contributed by atoms with E-state index >= 15 is 0 Å². The Morgan fingerprint density at radius 2 is 2.06 bits per heavy atom. The van der Waals surface area contributed by atoms with Gasteiger partial charge in [0.25, 0.3) is 0 Å². The van der Waals surface area contributed by atoms with Gasteiger partial charge in [-0.2, -0.15) is 0 Å². The molecule has 1 amide bonds. The number of benzene rings is 1. The first kappa shape index (κ1) is 13.5. The van der Waals surface area contributed by atoms with Crippen molar-refractivity contribution in [1.82, 2.24) is 4.90 Å². The van der Waals surface area contributed by atoms with Crippen LogP contribution >= 0.6 is 0 Å². The van der Waals surface area contributed by atoms with Crippen molar-refractivity contribution in [2.45, 2.75) is 19.8 Å². The smallest absolute Gasteiger partial charge is 0.410 e. The van der Waals surface area contributed by atoms with E-state index in [9.17, 15) is 4.79 Å². The summed E-state index contributed by atoms with van der Waals surface area (Å²) in [5.41, 5.74) is 6.42. The van der Waals surface area contributed by atoms with E-state index in [4.69, 9.17) is 10.5 Å². The first-order valence-corrected chi connectivity index (χ1v) is 5.78. The Morgan fingerprint density at radius 1 is 1.41 bits per heavy atom. The maximum absolute atomic E-state index is 11.7. The number of hydrogen-bond acceptors (Lipinski definition) is 3. The molecule has 1 rings (SSSR count). The number of ether oxygens (including phenoxy) is 1. The van der Waals surface area contributed by atoms with Crippen molar-refractivity contribution >= 4 is 6.09 Å². The highest BCUT2D eigenvalue weighted by atomic mass is 16.6. The van der Waals surface area contributed by atoms with Crippen molar-refractivity contribution in [2.75, 3.05) is 20.1 Å². The van der Waals surface area contributed by atoms with Crippen LogP contribution in [-0.4, -0.2) is 31.1 Å². The van der Waals surface area contributed by atoms with Gasteiger partial charge in [-0.05, 0) is 17.5 Å². The summed E-state index contributed by atoms with van der Waals surface area (Å²) in [6.07, 6.45) is -0.372. The molecule has 0 bridgehead atoms. The summed E-state index contributed by atoms with van der Waals surface area (Å²) in [6.45, 7) is 5.05. The van der Waals surface area contributed by atoms with Crippen LogP contribution in [0.4, 0.5) is 4.79 Å². The molecule has 0 atom stereocenters. The summed E-state index contributed by atoms with van der Waals surface area (Å²) in [5.74, 6) is 0.940. The topological polar surface area (TPSA) is 55.6 Å². The predicted octanol–water partition coefficient (Wildman–Crippen LogP) is 2.20.